The van der Waals surface area contributed by atoms with Crippen molar-refractivity contribution in [2.45, 2.75) is 52.0 Å². The smallest absolute Gasteiger partial charge is 0.222 e. The SMILES string of the molecule is CCN1CC2(CCCN(C(=O)CCCn3cncn3)C2)CCC1=O. The highest BCUT2D eigenvalue weighted by Crippen LogP contribution is 2.38. The van der Waals surface area contributed by atoms with Gasteiger partial charge in [-0.2, -0.15) is 5.10 Å². The van der Waals surface area contributed by atoms with Gasteiger partial charge in [0.2, 0.25) is 11.8 Å². The standard InChI is InChI=1S/C17H27N5O2/c1-2-20-11-17(8-6-16(20)24)7-4-9-21(12-17)15(23)5-3-10-22-14-18-13-19-22/h13-14H,2-12H2,1H3. The van der Waals surface area contributed by atoms with E-state index >= 15 is 0 Å². The zero-order chi connectivity index (χ0) is 17.0. The van der Waals surface area contributed by atoms with Crippen LogP contribution in [0.25, 0.3) is 0 Å². The van der Waals surface area contributed by atoms with Gasteiger partial charge in [0, 0.05) is 51.0 Å². The number of amides is 2. The first-order chi connectivity index (χ1) is 11.6. The highest BCUT2D eigenvalue weighted by Gasteiger charge is 2.42. The summed E-state index contributed by atoms with van der Waals surface area (Å²) in [4.78, 5) is 32.4. The lowest BCUT2D eigenvalue weighted by Crippen LogP contribution is -2.55. The maximum absolute atomic E-state index is 12.6. The van der Waals surface area contributed by atoms with Gasteiger partial charge < -0.3 is 9.80 Å². The van der Waals surface area contributed by atoms with Crippen LogP contribution < -0.4 is 0 Å². The maximum Gasteiger partial charge on any atom is 0.222 e. The third kappa shape index (κ3) is 3.76. The average Bonchev–Trinajstić information content (AvgIpc) is 3.11. The van der Waals surface area contributed by atoms with Crippen molar-refractivity contribution in [2.75, 3.05) is 26.2 Å². The van der Waals surface area contributed by atoms with Crippen LogP contribution in [0, 0.1) is 5.41 Å². The molecule has 2 aliphatic heterocycles. The summed E-state index contributed by atoms with van der Waals surface area (Å²) in [5.41, 5.74) is 0.115. The van der Waals surface area contributed by atoms with Crippen LogP contribution >= 0.6 is 0 Å². The molecule has 0 N–H and O–H groups in total. The summed E-state index contributed by atoms with van der Waals surface area (Å²) in [6.45, 7) is 6.00. The second kappa shape index (κ2) is 7.32. The Morgan fingerprint density at radius 3 is 2.96 bits per heavy atom. The third-order valence-corrected chi connectivity index (χ3v) is 5.39. The van der Waals surface area contributed by atoms with E-state index < -0.39 is 0 Å². The molecule has 0 aromatic carbocycles. The number of hydrogen-bond donors (Lipinski definition) is 0. The number of carbonyl (C=O) groups is 2. The van der Waals surface area contributed by atoms with E-state index in [-0.39, 0.29) is 17.2 Å². The van der Waals surface area contributed by atoms with Crippen molar-refractivity contribution in [3.05, 3.63) is 12.7 Å². The van der Waals surface area contributed by atoms with Gasteiger partial charge in [0.05, 0.1) is 0 Å². The number of hydrogen-bond acceptors (Lipinski definition) is 4. The molecule has 1 atom stereocenters. The molecule has 3 heterocycles. The summed E-state index contributed by atoms with van der Waals surface area (Å²) in [6, 6.07) is 0. The number of carbonyl (C=O) groups excluding carboxylic acids is 2. The first-order valence-corrected chi connectivity index (χ1v) is 9.00. The molecule has 2 saturated heterocycles. The van der Waals surface area contributed by atoms with Crippen LogP contribution in [0.5, 0.6) is 0 Å². The van der Waals surface area contributed by atoms with Gasteiger partial charge in [0.25, 0.3) is 0 Å². The fourth-order valence-corrected chi connectivity index (χ4v) is 4.04. The predicted molar refractivity (Wildman–Crippen MR) is 89.0 cm³/mol. The zero-order valence-electron chi connectivity index (χ0n) is 14.5. The molecule has 2 aliphatic rings. The molecule has 7 nitrogen and oxygen atoms in total. The van der Waals surface area contributed by atoms with Crippen molar-refractivity contribution in [2.24, 2.45) is 5.41 Å². The van der Waals surface area contributed by atoms with E-state index in [2.05, 4.69) is 10.1 Å². The fourth-order valence-electron chi connectivity index (χ4n) is 4.04. The van der Waals surface area contributed by atoms with E-state index in [0.29, 0.717) is 12.8 Å². The van der Waals surface area contributed by atoms with Crippen molar-refractivity contribution < 1.29 is 9.59 Å². The highest BCUT2D eigenvalue weighted by atomic mass is 16.2. The van der Waals surface area contributed by atoms with Crippen LogP contribution in [0.4, 0.5) is 0 Å². The Morgan fingerprint density at radius 2 is 2.21 bits per heavy atom. The second-order valence-corrected chi connectivity index (χ2v) is 7.09. The van der Waals surface area contributed by atoms with Crippen LogP contribution in [0.2, 0.25) is 0 Å². The summed E-state index contributed by atoms with van der Waals surface area (Å²) >= 11 is 0. The minimum absolute atomic E-state index is 0.115. The largest absolute Gasteiger partial charge is 0.342 e. The van der Waals surface area contributed by atoms with Crippen LogP contribution in [-0.2, 0) is 16.1 Å². The first kappa shape index (κ1) is 16.9. The molecule has 0 aliphatic carbocycles. The highest BCUT2D eigenvalue weighted by molar-refractivity contribution is 5.78. The molecule has 24 heavy (non-hydrogen) atoms. The summed E-state index contributed by atoms with van der Waals surface area (Å²) in [5, 5.41) is 4.06. The lowest BCUT2D eigenvalue weighted by atomic mass is 9.73. The maximum atomic E-state index is 12.6. The molecular weight excluding hydrogens is 306 g/mol. The number of aryl methyl sites for hydroxylation is 1. The van der Waals surface area contributed by atoms with Gasteiger partial charge in [-0.1, -0.05) is 0 Å². The lowest BCUT2D eigenvalue weighted by Gasteiger charge is -2.48. The van der Waals surface area contributed by atoms with E-state index in [1.54, 1.807) is 11.0 Å². The molecule has 0 saturated carbocycles. The van der Waals surface area contributed by atoms with Crippen molar-refractivity contribution in [3.8, 4) is 0 Å². The number of rotatable bonds is 5. The van der Waals surface area contributed by atoms with Crippen LogP contribution in [0.3, 0.4) is 0 Å². The Hall–Kier alpha value is -1.92. The van der Waals surface area contributed by atoms with Crippen molar-refractivity contribution in [1.29, 1.82) is 0 Å². The summed E-state index contributed by atoms with van der Waals surface area (Å²) in [7, 11) is 0. The van der Waals surface area contributed by atoms with E-state index in [0.717, 1.165) is 58.4 Å². The molecule has 7 heteroatoms. The second-order valence-electron chi connectivity index (χ2n) is 7.09. The van der Waals surface area contributed by atoms with E-state index in [9.17, 15) is 9.59 Å². The Labute approximate surface area is 143 Å². The average molecular weight is 333 g/mol. The number of aromatic nitrogens is 3. The van der Waals surface area contributed by atoms with Crippen LogP contribution in [0.15, 0.2) is 12.7 Å². The number of nitrogens with zero attached hydrogens (tertiary/aromatic N) is 5. The predicted octanol–water partition coefficient (Wildman–Crippen LogP) is 1.31. The summed E-state index contributed by atoms with van der Waals surface area (Å²) in [5.74, 6) is 0.494. The minimum Gasteiger partial charge on any atom is -0.342 e. The Bertz CT molecular complexity index is 574. The normalized spacial score (nSPS) is 24.6. The molecule has 1 spiro atoms. The molecule has 2 amide bonds. The molecule has 1 aromatic heterocycles. The van der Waals surface area contributed by atoms with Gasteiger partial charge in [-0.15, -0.1) is 0 Å². The lowest BCUT2D eigenvalue weighted by molar-refractivity contribution is -0.142. The van der Waals surface area contributed by atoms with Gasteiger partial charge in [-0.25, -0.2) is 4.98 Å². The molecule has 1 aromatic rings. The topological polar surface area (TPSA) is 71.3 Å². The Balaban J connectivity index is 1.52. The van der Waals surface area contributed by atoms with Gasteiger partial charge in [-0.3, -0.25) is 14.3 Å². The van der Waals surface area contributed by atoms with Crippen LogP contribution in [-0.4, -0.2) is 62.6 Å². The minimum atomic E-state index is 0.115. The van der Waals surface area contributed by atoms with Gasteiger partial charge in [0.1, 0.15) is 12.7 Å². The third-order valence-electron chi connectivity index (χ3n) is 5.39. The van der Waals surface area contributed by atoms with Crippen LogP contribution in [0.1, 0.15) is 45.4 Å². The zero-order valence-corrected chi connectivity index (χ0v) is 14.5. The molecule has 0 radical (unpaired) electrons. The fraction of sp³-hybridized carbons (Fsp3) is 0.765. The Morgan fingerprint density at radius 1 is 1.33 bits per heavy atom. The molecular formula is C17H27N5O2. The first-order valence-electron chi connectivity index (χ1n) is 9.00. The molecule has 132 valence electrons. The van der Waals surface area contributed by atoms with E-state index in [1.807, 2.05) is 16.7 Å². The molecule has 2 fully saturated rings. The van der Waals surface area contributed by atoms with Crippen molar-refractivity contribution in [1.82, 2.24) is 24.6 Å². The van der Waals surface area contributed by atoms with Crippen molar-refractivity contribution >= 4 is 11.8 Å². The quantitative estimate of drug-likeness (QED) is 0.814. The Kier molecular flexibility index (Phi) is 5.16. The number of likely N-dealkylation sites (tertiary alicyclic amines) is 2. The summed E-state index contributed by atoms with van der Waals surface area (Å²) < 4.78 is 1.76. The van der Waals surface area contributed by atoms with Crippen molar-refractivity contribution in [3.63, 3.8) is 0 Å². The van der Waals surface area contributed by atoms with Gasteiger partial charge >= 0.3 is 0 Å². The molecule has 1 unspecified atom stereocenters. The molecule has 3 rings (SSSR count). The van der Waals surface area contributed by atoms with Gasteiger partial charge in [0.15, 0.2) is 0 Å². The van der Waals surface area contributed by atoms with E-state index in [4.69, 9.17) is 0 Å². The van der Waals surface area contributed by atoms with E-state index in [1.165, 1.54) is 6.33 Å². The van der Waals surface area contributed by atoms with Gasteiger partial charge in [-0.05, 0) is 32.6 Å². The monoisotopic (exact) mass is 333 g/mol. The summed E-state index contributed by atoms with van der Waals surface area (Å²) in [6.07, 6.45) is 8.24. The number of piperidine rings is 2. The molecule has 0 bridgehead atoms.